The summed E-state index contributed by atoms with van der Waals surface area (Å²) in [6, 6.07) is 5.93. The molecule has 2 N–H and O–H groups in total. The van der Waals surface area contributed by atoms with Crippen molar-refractivity contribution in [1.29, 1.82) is 0 Å². The maximum Gasteiger partial charge on any atom is 0.573 e. The zero-order valence-corrected chi connectivity index (χ0v) is 17.9. The predicted octanol–water partition coefficient (Wildman–Crippen LogP) is 4.53. The van der Waals surface area contributed by atoms with Gasteiger partial charge in [-0.05, 0) is 41.8 Å². The fourth-order valence-corrected chi connectivity index (χ4v) is 4.30. The number of hydrogen-bond donors (Lipinski definition) is 2. The molecule has 1 atom stereocenters. The summed E-state index contributed by atoms with van der Waals surface area (Å²) in [4.78, 5) is 32.4. The highest BCUT2D eigenvalue weighted by molar-refractivity contribution is 5.99. The van der Waals surface area contributed by atoms with E-state index in [4.69, 9.17) is 4.74 Å². The van der Waals surface area contributed by atoms with Crippen LogP contribution in [0.25, 0.3) is 21.7 Å². The van der Waals surface area contributed by atoms with Gasteiger partial charge < -0.3 is 24.3 Å². The first-order valence-electron chi connectivity index (χ1n) is 10.3. The van der Waals surface area contributed by atoms with Gasteiger partial charge in [0.15, 0.2) is 11.6 Å². The Hall–Kier alpha value is -3.93. The lowest BCUT2D eigenvalue weighted by molar-refractivity contribution is -0.274. The molecule has 1 unspecified atom stereocenters. The first-order valence-corrected chi connectivity index (χ1v) is 10.3. The highest BCUT2D eigenvalue weighted by Gasteiger charge is 2.33. The molecule has 35 heavy (non-hydrogen) atoms. The molecule has 3 heterocycles. The zero-order valence-electron chi connectivity index (χ0n) is 17.9. The van der Waals surface area contributed by atoms with Crippen molar-refractivity contribution in [3.05, 3.63) is 75.3 Å². The van der Waals surface area contributed by atoms with Crippen LogP contribution in [0.15, 0.2) is 41.2 Å². The van der Waals surface area contributed by atoms with E-state index in [9.17, 15) is 31.5 Å². The molecule has 4 aromatic rings. The number of fused-ring (bicyclic) bond motifs is 4. The molecule has 1 amide bonds. The smallest absolute Gasteiger partial charge is 0.406 e. The summed E-state index contributed by atoms with van der Waals surface area (Å²) in [5.41, 5.74) is 0.601. The van der Waals surface area contributed by atoms with Gasteiger partial charge in [-0.1, -0.05) is 0 Å². The average Bonchev–Trinajstić information content (AvgIpc) is 3.21. The number of nitrogens with zero attached hydrogens (tertiary/aromatic N) is 1. The van der Waals surface area contributed by atoms with Crippen LogP contribution in [0.3, 0.4) is 0 Å². The molecule has 0 spiro atoms. The molecule has 5 rings (SSSR count). The van der Waals surface area contributed by atoms with Gasteiger partial charge in [-0.25, -0.2) is 8.78 Å². The average molecular weight is 493 g/mol. The lowest BCUT2D eigenvalue weighted by atomic mass is 9.95. The molecular weight excluding hydrogens is 477 g/mol. The topological polar surface area (TPSA) is 87.4 Å². The summed E-state index contributed by atoms with van der Waals surface area (Å²) in [6.45, 7) is 0.0194. The molecule has 0 bridgehead atoms. The highest BCUT2D eigenvalue weighted by atomic mass is 19.4. The maximum atomic E-state index is 14.1. The Labute approximate surface area is 193 Å². The van der Waals surface area contributed by atoms with Gasteiger partial charge >= 0.3 is 6.36 Å². The van der Waals surface area contributed by atoms with Crippen molar-refractivity contribution in [2.45, 2.75) is 19.0 Å². The summed E-state index contributed by atoms with van der Waals surface area (Å²) >= 11 is 0. The summed E-state index contributed by atoms with van der Waals surface area (Å²) in [5.74, 6) is -3.29. The fourth-order valence-electron chi connectivity index (χ4n) is 4.30. The SMILES string of the molecule is CN(C(=O)c1cc2cc(OC(F)(F)F)ccc2[nH]1)C1COCc2[nH]c(=O)c3cc(F)c(F)cc3c21. The second-order valence-corrected chi connectivity index (χ2v) is 8.09. The third-order valence-electron chi connectivity index (χ3n) is 5.88. The van der Waals surface area contributed by atoms with Crippen molar-refractivity contribution < 1.29 is 36.2 Å². The second-order valence-electron chi connectivity index (χ2n) is 8.09. The number of aromatic amines is 2. The van der Waals surface area contributed by atoms with Crippen molar-refractivity contribution in [1.82, 2.24) is 14.9 Å². The molecule has 0 fully saturated rings. The van der Waals surface area contributed by atoms with Crippen LogP contribution in [-0.4, -0.2) is 40.8 Å². The molecule has 182 valence electrons. The minimum absolute atomic E-state index is 0.00636. The molecule has 0 saturated carbocycles. The number of amides is 1. The second kappa shape index (κ2) is 8.08. The molecule has 2 aromatic carbocycles. The van der Waals surface area contributed by atoms with E-state index in [1.807, 2.05) is 0 Å². The number of carbonyl (C=O) groups is 1. The van der Waals surface area contributed by atoms with Gasteiger partial charge in [0.05, 0.1) is 24.6 Å². The number of H-pyrrole nitrogens is 2. The largest absolute Gasteiger partial charge is 0.573 e. The standard InChI is InChI=1S/C23H16F5N3O4/c1-31(22(33)17-5-10-4-11(35-23(26,27)28)2-3-16(10)29-17)19-9-34-8-18-20(19)12-6-14(24)15(25)7-13(12)21(32)30-18/h2-7,19,29H,8-9H2,1H3,(H,30,32). The molecule has 1 aliphatic heterocycles. The van der Waals surface area contributed by atoms with Crippen molar-refractivity contribution in [3.8, 4) is 5.75 Å². The molecule has 7 nitrogen and oxygen atoms in total. The number of aromatic nitrogens is 2. The van der Waals surface area contributed by atoms with Crippen LogP contribution in [0.4, 0.5) is 22.0 Å². The lowest BCUT2D eigenvalue weighted by Crippen LogP contribution is -2.37. The molecule has 0 saturated heterocycles. The van der Waals surface area contributed by atoms with Crippen LogP contribution < -0.4 is 10.3 Å². The van der Waals surface area contributed by atoms with E-state index >= 15 is 0 Å². The summed E-state index contributed by atoms with van der Waals surface area (Å²) in [5, 5.41) is 0.399. The lowest BCUT2D eigenvalue weighted by Gasteiger charge is -2.33. The number of halogens is 5. The number of hydrogen-bond acceptors (Lipinski definition) is 4. The third kappa shape index (κ3) is 4.09. The Morgan fingerprint density at radius 1 is 1.09 bits per heavy atom. The van der Waals surface area contributed by atoms with E-state index in [-0.39, 0.29) is 29.7 Å². The van der Waals surface area contributed by atoms with Crippen molar-refractivity contribution in [2.75, 3.05) is 13.7 Å². The van der Waals surface area contributed by atoms with Crippen LogP contribution in [0, 0.1) is 11.6 Å². The van der Waals surface area contributed by atoms with Gasteiger partial charge in [0, 0.05) is 29.2 Å². The normalized spacial score (nSPS) is 15.9. The number of ether oxygens (including phenoxy) is 2. The number of likely N-dealkylation sites (N-methyl/N-ethyl adjacent to an activating group) is 1. The third-order valence-corrected chi connectivity index (χ3v) is 5.88. The van der Waals surface area contributed by atoms with Gasteiger partial charge in [0.25, 0.3) is 11.5 Å². The van der Waals surface area contributed by atoms with E-state index < -0.39 is 41.3 Å². The van der Waals surface area contributed by atoms with Crippen LogP contribution in [0.5, 0.6) is 5.75 Å². The number of alkyl halides is 3. The van der Waals surface area contributed by atoms with Crippen LogP contribution in [0.2, 0.25) is 0 Å². The van der Waals surface area contributed by atoms with Crippen LogP contribution in [0.1, 0.15) is 27.8 Å². The van der Waals surface area contributed by atoms with Crippen LogP contribution >= 0.6 is 0 Å². The van der Waals surface area contributed by atoms with Crippen molar-refractivity contribution in [2.24, 2.45) is 0 Å². The Balaban J connectivity index is 1.53. The molecule has 0 aliphatic carbocycles. The first kappa shape index (κ1) is 22.8. The van der Waals surface area contributed by atoms with Crippen LogP contribution in [-0.2, 0) is 11.3 Å². The number of rotatable bonds is 3. The van der Waals surface area contributed by atoms with Crippen molar-refractivity contribution >= 4 is 27.6 Å². The molecule has 0 radical (unpaired) electrons. The molecular formula is C23H16F5N3O4. The quantitative estimate of drug-likeness (QED) is 0.411. The number of pyridine rings is 1. The first-order chi connectivity index (χ1) is 16.5. The Bertz CT molecular complexity index is 1540. The summed E-state index contributed by atoms with van der Waals surface area (Å²) in [6.07, 6.45) is -4.86. The molecule has 2 aromatic heterocycles. The van der Waals surface area contributed by atoms with Gasteiger partial charge in [-0.15, -0.1) is 13.2 Å². The van der Waals surface area contributed by atoms with Gasteiger partial charge in [0.2, 0.25) is 0 Å². The Kier molecular flexibility index (Phi) is 5.28. The van der Waals surface area contributed by atoms with E-state index in [2.05, 4.69) is 14.7 Å². The van der Waals surface area contributed by atoms with E-state index in [1.165, 1.54) is 24.1 Å². The number of benzene rings is 2. The van der Waals surface area contributed by atoms with Crippen molar-refractivity contribution in [3.63, 3.8) is 0 Å². The fraction of sp³-hybridized carbons (Fsp3) is 0.217. The highest BCUT2D eigenvalue weighted by Crippen LogP contribution is 2.35. The Morgan fingerprint density at radius 2 is 1.80 bits per heavy atom. The van der Waals surface area contributed by atoms with Gasteiger partial charge in [-0.2, -0.15) is 0 Å². The van der Waals surface area contributed by atoms with E-state index in [0.717, 1.165) is 24.3 Å². The summed E-state index contributed by atoms with van der Waals surface area (Å²) in [7, 11) is 1.46. The van der Waals surface area contributed by atoms with Gasteiger partial charge in [0.1, 0.15) is 11.4 Å². The molecule has 1 aliphatic rings. The zero-order chi connectivity index (χ0) is 25.1. The number of nitrogens with one attached hydrogen (secondary N) is 2. The molecule has 12 heteroatoms. The summed E-state index contributed by atoms with van der Waals surface area (Å²) < 4.78 is 74.9. The monoisotopic (exact) mass is 493 g/mol. The maximum absolute atomic E-state index is 14.1. The minimum atomic E-state index is -4.86. The van der Waals surface area contributed by atoms with Gasteiger partial charge in [-0.3, -0.25) is 9.59 Å². The van der Waals surface area contributed by atoms with E-state index in [0.29, 0.717) is 22.2 Å². The minimum Gasteiger partial charge on any atom is -0.406 e. The Morgan fingerprint density at radius 3 is 2.51 bits per heavy atom. The predicted molar refractivity (Wildman–Crippen MR) is 114 cm³/mol. The van der Waals surface area contributed by atoms with E-state index in [1.54, 1.807) is 0 Å². The number of carbonyl (C=O) groups excluding carboxylic acids is 1.